The molecule has 2 rings (SSSR count). The van der Waals surface area contributed by atoms with Gasteiger partial charge < -0.3 is 10.5 Å². The van der Waals surface area contributed by atoms with E-state index in [1.54, 1.807) is 6.07 Å². The van der Waals surface area contributed by atoms with Gasteiger partial charge in [0, 0.05) is 30.4 Å². The number of nitrogen functional groups attached to an aromatic ring is 1. The highest BCUT2D eigenvalue weighted by Crippen LogP contribution is 2.20. The Hall–Kier alpha value is -0.770. The standard InChI is InChI=1S/C15H23ClN2O/c1-2-6-19-15-4-3-5-18(11-15)10-12-7-13(16)9-14(17)8-12/h7-9,15H,2-6,10-11,17H2,1H3. The summed E-state index contributed by atoms with van der Waals surface area (Å²) in [6.45, 7) is 6.04. The maximum absolute atomic E-state index is 6.04. The fourth-order valence-electron chi connectivity index (χ4n) is 2.60. The van der Waals surface area contributed by atoms with E-state index in [2.05, 4.69) is 11.8 Å². The number of nitrogens with two attached hydrogens (primary N) is 1. The molecule has 3 nitrogen and oxygen atoms in total. The third kappa shape index (κ3) is 4.68. The number of nitrogens with zero attached hydrogens (tertiary/aromatic N) is 1. The number of halogens is 1. The largest absolute Gasteiger partial charge is 0.399 e. The molecular weight excluding hydrogens is 260 g/mol. The van der Waals surface area contributed by atoms with Gasteiger partial charge in [0.05, 0.1) is 6.10 Å². The van der Waals surface area contributed by atoms with Crippen LogP contribution in [0.25, 0.3) is 0 Å². The van der Waals surface area contributed by atoms with Crippen LogP contribution in [0.5, 0.6) is 0 Å². The Kier molecular flexibility index (Phi) is 5.49. The van der Waals surface area contributed by atoms with Gasteiger partial charge >= 0.3 is 0 Å². The fourth-order valence-corrected chi connectivity index (χ4v) is 2.87. The summed E-state index contributed by atoms with van der Waals surface area (Å²) >= 11 is 6.04. The number of likely N-dealkylation sites (tertiary alicyclic amines) is 1. The smallest absolute Gasteiger partial charge is 0.0702 e. The number of rotatable bonds is 5. The van der Waals surface area contributed by atoms with Crippen LogP contribution in [0.4, 0.5) is 5.69 Å². The maximum Gasteiger partial charge on any atom is 0.0702 e. The lowest BCUT2D eigenvalue weighted by atomic mass is 10.1. The van der Waals surface area contributed by atoms with E-state index < -0.39 is 0 Å². The minimum Gasteiger partial charge on any atom is -0.399 e. The van der Waals surface area contributed by atoms with Gasteiger partial charge in [-0.3, -0.25) is 4.90 Å². The Morgan fingerprint density at radius 2 is 2.26 bits per heavy atom. The number of piperidine rings is 1. The molecule has 0 spiro atoms. The van der Waals surface area contributed by atoms with Crippen molar-refractivity contribution in [2.75, 3.05) is 25.4 Å². The molecule has 4 heteroatoms. The predicted octanol–water partition coefficient (Wildman–Crippen LogP) is 3.31. The predicted molar refractivity (Wildman–Crippen MR) is 80.4 cm³/mol. The minimum absolute atomic E-state index is 0.380. The molecule has 1 atom stereocenters. The van der Waals surface area contributed by atoms with Gasteiger partial charge in [-0.25, -0.2) is 0 Å². The molecule has 1 saturated heterocycles. The molecule has 0 aromatic heterocycles. The molecule has 0 bridgehead atoms. The molecular formula is C15H23ClN2O. The Morgan fingerprint density at radius 1 is 1.42 bits per heavy atom. The number of hydrogen-bond acceptors (Lipinski definition) is 3. The first-order valence-electron chi connectivity index (χ1n) is 7.06. The average molecular weight is 283 g/mol. The fraction of sp³-hybridized carbons (Fsp3) is 0.600. The van der Waals surface area contributed by atoms with Gasteiger partial charge in [0.15, 0.2) is 0 Å². The summed E-state index contributed by atoms with van der Waals surface area (Å²) in [4.78, 5) is 2.43. The van der Waals surface area contributed by atoms with E-state index >= 15 is 0 Å². The van der Waals surface area contributed by atoms with Crippen molar-refractivity contribution in [3.63, 3.8) is 0 Å². The molecule has 1 heterocycles. The van der Waals surface area contributed by atoms with Crippen LogP contribution in [-0.2, 0) is 11.3 Å². The molecule has 1 aromatic rings. The highest BCUT2D eigenvalue weighted by molar-refractivity contribution is 6.30. The van der Waals surface area contributed by atoms with Gasteiger partial charge in [-0.2, -0.15) is 0 Å². The lowest BCUT2D eigenvalue weighted by Gasteiger charge is -2.32. The third-order valence-electron chi connectivity index (χ3n) is 3.41. The second-order valence-corrected chi connectivity index (χ2v) is 5.70. The van der Waals surface area contributed by atoms with Crippen molar-refractivity contribution in [3.8, 4) is 0 Å². The quantitative estimate of drug-likeness (QED) is 0.842. The van der Waals surface area contributed by atoms with E-state index in [0.717, 1.165) is 38.3 Å². The molecule has 0 saturated carbocycles. The van der Waals surface area contributed by atoms with Crippen LogP contribution in [0.2, 0.25) is 5.02 Å². The topological polar surface area (TPSA) is 38.5 Å². The second kappa shape index (κ2) is 7.13. The first-order valence-corrected chi connectivity index (χ1v) is 7.44. The molecule has 19 heavy (non-hydrogen) atoms. The zero-order valence-corrected chi connectivity index (χ0v) is 12.3. The average Bonchev–Trinajstić information content (AvgIpc) is 2.35. The summed E-state index contributed by atoms with van der Waals surface area (Å²) in [6, 6.07) is 5.78. The Labute approximate surface area is 120 Å². The van der Waals surface area contributed by atoms with E-state index in [-0.39, 0.29) is 0 Å². The Morgan fingerprint density at radius 3 is 3.00 bits per heavy atom. The lowest BCUT2D eigenvalue weighted by molar-refractivity contribution is -0.00222. The van der Waals surface area contributed by atoms with Crippen molar-refractivity contribution >= 4 is 17.3 Å². The minimum atomic E-state index is 0.380. The van der Waals surface area contributed by atoms with Crippen LogP contribution >= 0.6 is 11.6 Å². The molecule has 1 unspecified atom stereocenters. The lowest BCUT2D eigenvalue weighted by Crippen LogP contribution is -2.39. The molecule has 1 fully saturated rings. The van der Waals surface area contributed by atoms with Crippen LogP contribution in [0, 0.1) is 0 Å². The molecule has 0 aliphatic carbocycles. The van der Waals surface area contributed by atoms with Crippen molar-refractivity contribution in [3.05, 3.63) is 28.8 Å². The van der Waals surface area contributed by atoms with E-state index in [4.69, 9.17) is 22.1 Å². The van der Waals surface area contributed by atoms with Crippen molar-refractivity contribution in [2.24, 2.45) is 0 Å². The van der Waals surface area contributed by atoms with Gasteiger partial charge in [-0.1, -0.05) is 18.5 Å². The van der Waals surface area contributed by atoms with Gasteiger partial charge in [0.2, 0.25) is 0 Å². The van der Waals surface area contributed by atoms with Gasteiger partial charge in [0.25, 0.3) is 0 Å². The Balaban J connectivity index is 1.91. The van der Waals surface area contributed by atoms with E-state index in [9.17, 15) is 0 Å². The van der Waals surface area contributed by atoms with Crippen molar-refractivity contribution in [1.82, 2.24) is 4.90 Å². The molecule has 1 aliphatic rings. The summed E-state index contributed by atoms with van der Waals surface area (Å²) in [7, 11) is 0. The molecule has 0 radical (unpaired) electrons. The van der Waals surface area contributed by atoms with E-state index in [1.165, 1.54) is 18.4 Å². The SMILES string of the molecule is CCCOC1CCCN(Cc2cc(N)cc(Cl)c2)C1. The zero-order chi connectivity index (χ0) is 13.7. The molecule has 0 amide bonds. The van der Waals surface area contributed by atoms with Gasteiger partial charge in [0.1, 0.15) is 0 Å². The van der Waals surface area contributed by atoms with Crippen LogP contribution in [0.3, 0.4) is 0 Å². The summed E-state index contributed by atoms with van der Waals surface area (Å²) in [6.07, 6.45) is 3.84. The number of ether oxygens (including phenoxy) is 1. The van der Waals surface area contributed by atoms with Crippen molar-refractivity contribution < 1.29 is 4.74 Å². The first kappa shape index (κ1) is 14.6. The maximum atomic E-state index is 6.04. The Bertz CT molecular complexity index is 391. The van der Waals surface area contributed by atoms with Crippen LogP contribution in [-0.4, -0.2) is 30.7 Å². The van der Waals surface area contributed by atoms with Crippen molar-refractivity contribution in [2.45, 2.75) is 38.8 Å². The van der Waals surface area contributed by atoms with Crippen LogP contribution < -0.4 is 5.73 Å². The van der Waals surface area contributed by atoms with Crippen LogP contribution in [0.1, 0.15) is 31.7 Å². The second-order valence-electron chi connectivity index (χ2n) is 5.26. The van der Waals surface area contributed by atoms with Gasteiger partial charge in [-0.05, 0) is 49.6 Å². The molecule has 106 valence electrons. The van der Waals surface area contributed by atoms with Gasteiger partial charge in [-0.15, -0.1) is 0 Å². The summed E-state index contributed by atoms with van der Waals surface area (Å²) < 4.78 is 5.86. The van der Waals surface area contributed by atoms with E-state index in [0.29, 0.717) is 11.1 Å². The molecule has 1 aromatic carbocycles. The third-order valence-corrected chi connectivity index (χ3v) is 3.62. The molecule has 1 aliphatic heterocycles. The summed E-state index contributed by atoms with van der Waals surface area (Å²) in [5.41, 5.74) is 7.75. The zero-order valence-electron chi connectivity index (χ0n) is 11.6. The number of hydrogen-bond donors (Lipinski definition) is 1. The molecule has 2 N–H and O–H groups in total. The highest BCUT2D eigenvalue weighted by atomic mass is 35.5. The highest BCUT2D eigenvalue weighted by Gasteiger charge is 2.20. The van der Waals surface area contributed by atoms with Crippen LogP contribution in [0.15, 0.2) is 18.2 Å². The summed E-state index contributed by atoms with van der Waals surface area (Å²) in [5, 5.41) is 0.714. The number of benzene rings is 1. The first-order chi connectivity index (χ1) is 9.17. The summed E-state index contributed by atoms with van der Waals surface area (Å²) in [5.74, 6) is 0. The number of anilines is 1. The monoisotopic (exact) mass is 282 g/mol. The van der Waals surface area contributed by atoms with Crippen molar-refractivity contribution in [1.29, 1.82) is 0 Å². The van der Waals surface area contributed by atoms with E-state index in [1.807, 2.05) is 12.1 Å². The normalized spacial score (nSPS) is 20.6.